The molecule has 7 heteroatoms. The molecule has 0 bridgehead atoms. The fraction of sp³-hybridized carbons (Fsp3) is 0.750. The predicted octanol–water partition coefficient (Wildman–Crippen LogP) is 2.53. The number of piperidine rings is 1. The summed E-state index contributed by atoms with van der Waals surface area (Å²) in [6, 6.07) is 2.14. The van der Waals surface area contributed by atoms with Gasteiger partial charge in [-0.3, -0.25) is 15.0 Å². The van der Waals surface area contributed by atoms with Gasteiger partial charge in [0.2, 0.25) is 11.8 Å². The van der Waals surface area contributed by atoms with Crippen molar-refractivity contribution in [2.45, 2.75) is 64.5 Å². The number of hydrogen-bond acceptors (Lipinski definition) is 5. The minimum Gasteiger partial charge on any atom is -0.338 e. The van der Waals surface area contributed by atoms with Crippen LogP contribution in [0, 0.1) is 0 Å². The Labute approximate surface area is 144 Å². The van der Waals surface area contributed by atoms with Gasteiger partial charge in [0.15, 0.2) is 0 Å². The van der Waals surface area contributed by atoms with E-state index in [9.17, 15) is 4.79 Å². The molecule has 0 radical (unpaired) electrons. The first-order valence-corrected chi connectivity index (χ1v) is 8.04. The van der Waals surface area contributed by atoms with Crippen LogP contribution in [0.5, 0.6) is 0 Å². The van der Waals surface area contributed by atoms with Gasteiger partial charge in [-0.25, -0.2) is 0 Å². The van der Waals surface area contributed by atoms with Crippen molar-refractivity contribution in [2.24, 2.45) is 5.73 Å². The zero-order chi connectivity index (χ0) is 16.3. The SMILES string of the molecule is CC(N)C1CCCCN1CC(=O)Nc1cc(C(C)(C)C)no1.Cl. The summed E-state index contributed by atoms with van der Waals surface area (Å²) in [4.78, 5) is 14.4. The van der Waals surface area contributed by atoms with Crippen LogP contribution in [0.15, 0.2) is 10.6 Å². The van der Waals surface area contributed by atoms with Crippen LogP contribution in [0.3, 0.4) is 0 Å². The Balaban J connectivity index is 0.00000264. The largest absolute Gasteiger partial charge is 0.338 e. The van der Waals surface area contributed by atoms with Crippen LogP contribution in [0.4, 0.5) is 5.88 Å². The molecule has 2 heterocycles. The van der Waals surface area contributed by atoms with Gasteiger partial charge in [-0.2, -0.15) is 0 Å². The van der Waals surface area contributed by atoms with Crippen molar-refractivity contribution in [1.82, 2.24) is 10.1 Å². The summed E-state index contributed by atoms with van der Waals surface area (Å²) >= 11 is 0. The highest BCUT2D eigenvalue weighted by atomic mass is 35.5. The second-order valence-corrected chi connectivity index (χ2v) is 7.27. The molecule has 0 spiro atoms. The van der Waals surface area contributed by atoms with Crippen LogP contribution in [0.1, 0.15) is 52.7 Å². The molecule has 132 valence electrons. The van der Waals surface area contributed by atoms with Gasteiger partial charge >= 0.3 is 0 Å². The molecule has 3 N–H and O–H groups in total. The van der Waals surface area contributed by atoms with Gasteiger partial charge in [0.1, 0.15) is 0 Å². The van der Waals surface area contributed by atoms with Crippen LogP contribution in [-0.2, 0) is 10.2 Å². The third kappa shape index (κ3) is 5.48. The normalized spacial score (nSPS) is 20.7. The highest BCUT2D eigenvalue weighted by Gasteiger charge is 2.27. The van der Waals surface area contributed by atoms with E-state index in [4.69, 9.17) is 10.3 Å². The number of amides is 1. The Morgan fingerprint density at radius 2 is 2.22 bits per heavy atom. The van der Waals surface area contributed by atoms with Gasteiger partial charge in [-0.05, 0) is 26.3 Å². The van der Waals surface area contributed by atoms with Crippen LogP contribution in [0.2, 0.25) is 0 Å². The first-order valence-electron chi connectivity index (χ1n) is 8.04. The molecule has 6 nitrogen and oxygen atoms in total. The van der Waals surface area contributed by atoms with Crippen molar-refractivity contribution in [3.63, 3.8) is 0 Å². The lowest BCUT2D eigenvalue weighted by Gasteiger charge is -2.37. The Kier molecular flexibility index (Phi) is 7.04. The summed E-state index contributed by atoms with van der Waals surface area (Å²) in [6.45, 7) is 9.43. The molecule has 0 saturated carbocycles. The number of aromatic nitrogens is 1. The number of anilines is 1. The van der Waals surface area contributed by atoms with E-state index in [1.807, 2.05) is 6.92 Å². The summed E-state index contributed by atoms with van der Waals surface area (Å²) in [5, 5.41) is 6.80. The average molecular weight is 345 g/mol. The molecular weight excluding hydrogens is 316 g/mol. The van der Waals surface area contributed by atoms with Gasteiger partial charge in [0.05, 0.1) is 12.2 Å². The maximum atomic E-state index is 12.2. The van der Waals surface area contributed by atoms with Gasteiger partial charge in [0, 0.05) is 23.6 Å². The summed E-state index contributed by atoms with van der Waals surface area (Å²) in [5.41, 5.74) is 6.77. The van der Waals surface area contributed by atoms with E-state index in [2.05, 4.69) is 36.1 Å². The first-order chi connectivity index (χ1) is 10.3. The van der Waals surface area contributed by atoms with Gasteiger partial charge < -0.3 is 10.3 Å². The zero-order valence-corrected chi connectivity index (χ0v) is 15.3. The fourth-order valence-electron chi connectivity index (χ4n) is 2.86. The Morgan fingerprint density at radius 3 is 2.78 bits per heavy atom. The van der Waals surface area contributed by atoms with Crippen molar-refractivity contribution in [3.8, 4) is 0 Å². The standard InChI is InChI=1S/C16H28N4O2.ClH/c1-11(17)12-7-5-6-8-20(12)10-14(21)18-15-9-13(19-22-15)16(2,3)4;/h9,11-12H,5-8,10,17H2,1-4H3,(H,18,21);1H. The third-order valence-corrected chi connectivity index (χ3v) is 4.16. The third-order valence-electron chi connectivity index (χ3n) is 4.16. The number of halogens is 1. The maximum absolute atomic E-state index is 12.2. The number of nitrogens with one attached hydrogen (secondary N) is 1. The van der Waals surface area contributed by atoms with Crippen LogP contribution < -0.4 is 11.1 Å². The van der Waals surface area contributed by atoms with E-state index in [0.717, 1.165) is 25.1 Å². The second kappa shape index (κ2) is 8.13. The molecule has 2 atom stereocenters. The van der Waals surface area contributed by atoms with Gasteiger partial charge in [0.25, 0.3) is 0 Å². The topological polar surface area (TPSA) is 84.4 Å². The molecular formula is C16H29ClN4O2. The molecule has 1 aliphatic heterocycles. The van der Waals surface area contributed by atoms with Crippen molar-refractivity contribution < 1.29 is 9.32 Å². The lowest BCUT2D eigenvalue weighted by atomic mass is 9.92. The predicted molar refractivity (Wildman–Crippen MR) is 93.9 cm³/mol. The van der Waals surface area contributed by atoms with E-state index in [-0.39, 0.29) is 35.8 Å². The van der Waals surface area contributed by atoms with E-state index in [0.29, 0.717) is 12.4 Å². The average Bonchev–Trinajstić information content (AvgIpc) is 2.87. The van der Waals surface area contributed by atoms with E-state index in [1.54, 1.807) is 6.07 Å². The quantitative estimate of drug-likeness (QED) is 0.876. The Morgan fingerprint density at radius 1 is 1.52 bits per heavy atom. The molecule has 1 saturated heterocycles. The second-order valence-electron chi connectivity index (χ2n) is 7.27. The Hall–Kier alpha value is -1.11. The van der Waals surface area contributed by atoms with Crippen molar-refractivity contribution in [1.29, 1.82) is 0 Å². The number of carbonyl (C=O) groups excluding carboxylic acids is 1. The van der Waals surface area contributed by atoms with Crippen LogP contribution in [-0.4, -0.2) is 41.1 Å². The molecule has 2 rings (SSSR count). The van der Waals surface area contributed by atoms with E-state index < -0.39 is 0 Å². The minimum atomic E-state index is -0.0978. The number of nitrogens with zero attached hydrogens (tertiary/aromatic N) is 2. The number of likely N-dealkylation sites (tertiary alicyclic amines) is 1. The van der Waals surface area contributed by atoms with Crippen LogP contribution >= 0.6 is 12.4 Å². The molecule has 1 aromatic heterocycles. The van der Waals surface area contributed by atoms with E-state index >= 15 is 0 Å². The molecule has 1 aromatic rings. The summed E-state index contributed by atoms with van der Waals surface area (Å²) in [5.74, 6) is 0.327. The van der Waals surface area contributed by atoms with Gasteiger partial charge in [-0.15, -0.1) is 12.4 Å². The number of nitrogens with two attached hydrogens (primary N) is 1. The minimum absolute atomic E-state index is 0. The maximum Gasteiger partial charge on any atom is 0.240 e. The van der Waals surface area contributed by atoms with Crippen molar-refractivity contribution in [2.75, 3.05) is 18.4 Å². The van der Waals surface area contributed by atoms with E-state index in [1.165, 1.54) is 6.42 Å². The monoisotopic (exact) mass is 344 g/mol. The summed E-state index contributed by atoms with van der Waals surface area (Å²) in [7, 11) is 0. The molecule has 1 aliphatic rings. The number of rotatable bonds is 4. The molecule has 0 aliphatic carbocycles. The highest BCUT2D eigenvalue weighted by molar-refractivity contribution is 5.91. The summed E-state index contributed by atoms with van der Waals surface area (Å²) < 4.78 is 5.20. The lowest BCUT2D eigenvalue weighted by molar-refractivity contribution is -0.118. The first kappa shape index (κ1) is 19.9. The fourth-order valence-corrected chi connectivity index (χ4v) is 2.86. The Bertz CT molecular complexity index is 510. The smallest absolute Gasteiger partial charge is 0.240 e. The van der Waals surface area contributed by atoms with Gasteiger partial charge in [-0.1, -0.05) is 32.3 Å². The number of carbonyl (C=O) groups is 1. The van der Waals surface area contributed by atoms with Crippen molar-refractivity contribution in [3.05, 3.63) is 11.8 Å². The number of hydrogen-bond donors (Lipinski definition) is 2. The molecule has 1 fully saturated rings. The molecule has 23 heavy (non-hydrogen) atoms. The van der Waals surface area contributed by atoms with Crippen LogP contribution in [0.25, 0.3) is 0 Å². The van der Waals surface area contributed by atoms with Crippen molar-refractivity contribution >= 4 is 24.2 Å². The lowest BCUT2D eigenvalue weighted by Crippen LogP contribution is -2.51. The zero-order valence-electron chi connectivity index (χ0n) is 14.5. The summed E-state index contributed by atoms with van der Waals surface area (Å²) in [6.07, 6.45) is 3.36. The molecule has 1 amide bonds. The highest BCUT2D eigenvalue weighted by Crippen LogP contribution is 2.24. The molecule has 2 unspecified atom stereocenters. The molecule has 0 aromatic carbocycles.